The number of aromatic nitrogens is 2. The highest BCUT2D eigenvalue weighted by Gasteiger charge is 2.16. The smallest absolute Gasteiger partial charge is 0.275 e. The first-order chi connectivity index (χ1) is 14.5. The van der Waals surface area contributed by atoms with Gasteiger partial charge in [0.2, 0.25) is 5.43 Å². The summed E-state index contributed by atoms with van der Waals surface area (Å²) in [5.41, 5.74) is 1.05. The maximum atomic E-state index is 14.1. The third-order valence-corrected chi connectivity index (χ3v) is 4.81. The maximum Gasteiger partial charge on any atom is 0.275 e. The van der Waals surface area contributed by atoms with E-state index in [2.05, 4.69) is 15.3 Å². The van der Waals surface area contributed by atoms with Crippen molar-refractivity contribution in [1.29, 1.82) is 0 Å². The lowest BCUT2D eigenvalue weighted by molar-refractivity contribution is 0.0945. The second kappa shape index (κ2) is 9.82. The fraction of sp³-hybridized carbons (Fsp3) is 0.261. The summed E-state index contributed by atoms with van der Waals surface area (Å²) in [6.07, 6.45) is 1.64. The molecule has 0 aliphatic heterocycles. The molecule has 0 bridgehead atoms. The van der Waals surface area contributed by atoms with Gasteiger partial charge in [0.25, 0.3) is 5.91 Å². The number of nitrogens with one attached hydrogen (secondary N) is 1. The van der Waals surface area contributed by atoms with Gasteiger partial charge in [0.15, 0.2) is 5.69 Å². The van der Waals surface area contributed by atoms with Crippen LogP contribution in [-0.4, -0.2) is 35.8 Å². The van der Waals surface area contributed by atoms with E-state index in [-0.39, 0.29) is 11.4 Å². The number of halogens is 1. The van der Waals surface area contributed by atoms with Crippen LogP contribution in [0.4, 0.5) is 10.1 Å². The van der Waals surface area contributed by atoms with E-state index in [1.807, 2.05) is 37.4 Å². The van der Waals surface area contributed by atoms with Gasteiger partial charge in [-0.3, -0.25) is 9.59 Å². The highest BCUT2D eigenvalue weighted by molar-refractivity contribution is 5.92. The van der Waals surface area contributed by atoms with E-state index in [9.17, 15) is 14.0 Å². The zero-order valence-electron chi connectivity index (χ0n) is 17.1. The van der Waals surface area contributed by atoms with Crippen molar-refractivity contribution in [3.8, 4) is 5.69 Å². The van der Waals surface area contributed by atoms with Crippen LogP contribution in [-0.2, 0) is 0 Å². The highest BCUT2D eigenvalue weighted by atomic mass is 19.1. The molecule has 0 saturated heterocycles. The number of rotatable bonds is 8. The van der Waals surface area contributed by atoms with Crippen LogP contribution < -0.4 is 15.6 Å². The molecule has 7 heteroatoms. The first-order valence-electron chi connectivity index (χ1n) is 9.87. The van der Waals surface area contributed by atoms with Crippen LogP contribution in [0.15, 0.2) is 65.5 Å². The number of aryl methyl sites for hydroxylation is 1. The molecule has 1 heterocycles. The minimum atomic E-state index is -0.554. The summed E-state index contributed by atoms with van der Waals surface area (Å²) in [5, 5.41) is 6.85. The van der Waals surface area contributed by atoms with Gasteiger partial charge < -0.3 is 10.2 Å². The summed E-state index contributed by atoms with van der Waals surface area (Å²) in [6, 6.07) is 17.4. The summed E-state index contributed by atoms with van der Waals surface area (Å²) < 4.78 is 15.4. The van der Waals surface area contributed by atoms with Crippen LogP contribution >= 0.6 is 0 Å². The van der Waals surface area contributed by atoms with Gasteiger partial charge in [0.1, 0.15) is 11.5 Å². The number of para-hydroxylation sites is 2. The van der Waals surface area contributed by atoms with E-state index in [4.69, 9.17) is 0 Å². The third-order valence-electron chi connectivity index (χ3n) is 4.81. The number of carbonyl (C=O) groups excluding carboxylic acids is 1. The Kier molecular flexibility index (Phi) is 6.95. The Balaban J connectivity index is 1.58. The molecule has 1 N–H and O–H groups in total. The molecule has 6 nitrogen and oxygen atoms in total. The van der Waals surface area contributed by atoms with Crippen molar-refractivity contribution >= 4 is 11.6 Å². The largest absolute Gasteiger partial charge is 0.375 e. The first-order valence-corrected chi connectivity index (χ1v) is 9.87. The van der Waals surface area contributed by atoms with Crippen LogP contribution in [0.25, 0.3) is 5.69 Å². The molecule has 0 unspecified atom stereocenters. The van der Waals surface area contributed by atoms with Crippen molar-refractivity contribution in [2.45, 2.75) is 19.8 Å². The van der Waals surface area contributed by atoms with Crippen LogP contribution in [0.1, 0.15) is 29.0 Å². The SMILES string of the molecule is Cc1cc(=O)c(C(=O)NCCCCN(C)c2ccccc2)nn1-c1ccccc1F. The average Bonchev–Trinajstić information content (AvgIpc) is 2.74. The zero-order chi connectivity index (χ0) is 21.5. The van der Waals surface area contributed by atoms with Gasteiger partial charge >= 0.3 is 0 Å². The van der Waals surface area contributed by atoms with Gasteiger partial charge in [-0.05, 0) is 44.0 Å². The van der Waals surface area contributed by atoms with E-state index in [1.165, 1.54) is 16.8 Å². The molecular weight excluding hydrogens is 383 g/mol. The Morgan fingerprint density at radius 2 is 1.80 bits per heavy atom. The quantitative estimate of drug-likeness (QED) is 0.581. The van der Waals surface area contributed by atoms with E-state index in [0.29, 0.717) is 12.2 Å². The molecule has 3 rings (SSSR count). The Morgan fingerprint density at radius 3 is 2.53 bits per heavy atom. The molecule has 2 aromatic carbocycles. The van der Waals surface area contributed by atoms with Gasteiger partial charge in [-0.15, -0.1) is 0 Å². The fourth-order valence-corrected chi connectivity index (χ4v) is 3.14. The molecule has 30 heavy (non-hydrogen) atoms. The molecule has 1 amide bonds. The Bertz CT molecular complexity index is 1070. The molecule has 0 fully saturated rings. The number of anilines is 1. The highest BCUT2D eigenvalue weighted by Crippen LogP contribution is 2.13. The molecule has 0 radical (unpaired) electrons. The molecule has 156 valence electrons. The fourth-order valence-electron chi connectivity index (χ4n) is 3.14. The predicted octanol–water partition coefficient (Wildman–Crippen LogP) is 3.33. The number of hydrogen-bond acceptors (Lipinski definition) is 4. The third kappa shape index (κ3) is 5.11. The second-order valence-electron chi connectivity index (χ2n) is 7.08. The molecule has 0 atom stereocenters. The topological polar surface area (TPSA) is 67.2 Å². The van der Waals surface area contributed by atoms with E-state index in [1.54, 1.807) is 25.1 Å². The van der Waals surface area contributed by atoms with Gasteiger partial charge in [-0.25, -0.2) is 9.07 Å². The van der Waals surface area contributed by atoms with Crippen molar-refractivity contribution in [3.63, 3.8) is 0 Å². The standard InChI is InChI=1S/C23H25FN4O2/c1-17-16-21(29)22(26-28(17)20-13-7-6-12-19(20)24)23(30)25-14-8-9-15-27(2)18-10-4-3-5-11-18/h3-7,10-13,16H,8-9,14-15H2,1-2H3,(H,25,30). The molecule has 0 saturated carbocycles. The number of carbonyl (C=O) groups is 1. The van der Waals surface area contributed by atoms with Crippen molar-refractivity contribution in [2.24, 2.45) is 0 Å². The maximum absolute atomic E-state index is 14.1. The van der Waals surface area contributed by atoms with E-state index >= 15 is 0 Å². The predicted molar refractivity (Wildman–Crippen MR) is 116 cm³/mol. The van der Waals surface area contributed by atoms with Crippen molar-refractivity contribution in [2.75, 3.05) is 25.0 Å². The average molecular weight is 408 g/mol. The summed E-state index contributed by atoms with van der Waals surface area (Å²) in [7, 11) is 2.02. The Morgan fingerprint density at radius 1 is 1.10 bits per heavy atom. The van der Waals surface area contributed by atoms with E-state index in [0.717, 1.165) is 25.1 Å². The van der Waals surface area contributed by atoms with Crippen LogP contribution in [0.2, 0.25) is 0 Å². The summed E-state index contributed by atoms with van der Waals surface area (Å²) in [6.45, 7) is 2.92. The lowest BCUT2D eigenvalue weighted by atomic mass is 10.2. The molecule has 0 aliphatic carbocycles. The normalized spacial score (nSPS) is 10.6. The molecule has 1 aromatic heterocycles. The Labute approximate surface area is 175 Å². The zero-order valence-corrected chi connectivity index (χ0v) is 17.1. The van der Waals surface area contributed by atoms with Crippen LogP contribution in [0.3, 0.4) is 0 Å². The molecule has 0 spiro atoms. The molecule has 0 aliphatic rings. The second-order valence-corrected chi connectivity index (χ2v) is 7.08. The van der Waals surface area contributed by atoms with E-state index < -0.39 is 17.2 Å². The van der Waals surface area contributed by atoms with Gasteiger partial charge in [-0.2, -0.15) is 5.10 Å². The van der Waals surface area contributed by atoms with Crippen LogP contribution in [0.5, 0.6) is 0 Å². The monoisotopic (exact) mass is 408 g/mol. The van der Waals surface area contributed by atoms with Gasteiger partial charge in [0, 0.05) is 37.6 Å². The lowest BCUT2D eigenvalue weighted by Crippen LogP contribution is -2.33. The summed E-state index contributed by atoms with van der Waals surface area (Å²) in [5.74, 6) is -1.04. The number of unbranched alkanes of at least 4 members (excludes halogenated alkanes) is 1. The molecule has 3 aromatic rings. The van der Waals surface area contributed by atoms with Crippen molar-refractivity contribution in [3.05, 3.63) is 88.1 Å². The minimum Gasteiger partial charge on any atom is -0.375 e. The van der Waals surface area contributed by atoms with Crippen molar-refractivity contribution < 1.29 is 9.18 Å². The molecular formula is C23H25FN4O2. The number of nitrogens with zero attached hydrogens (tertiary/aromatic N) is 3. The number of benzene rings is 2. The number of amides is 1. The minimum absolute atomic E-state index is 0.188. The van der Waals surface area contributed by atoms with Gasteiger partial charge in [0.05, 0.1) is 0 Å². The first kappa shape index (κ1) is 21.2. The Hall–Kier alpha value is -3.48. The summed E-state index contributed by atoms with van der Waals surface area (Å²) in [4.78, 5) is 26.9. The van der Waals surface area contributed by atoms with Crippen LogP contribution in [0, 0.1) is 12.7 Å². The summed E-state index contributed by atoms with van der Waals surface area (Å²) >= 11 is 0. The number of hydrogen-bond donors (Lipinski definition) is 1. The lowest BCUT2D eigenvalue weighted by Gasteiger charge is -2.19. The van der Waals surface area contributed by atoms with Crippen molar-refractivity contribution in [1.82, 2.24) is 15.1 Å². The van der Waals surface area contributed by atoms with Gasteiger partial charge in [-0.1, -0.05) is 30.3 Å².